The van der Waals surface area contributed by atoms with Gasteiger partial charge >= 0.3 is 0 Å². The van der Waals surface area contributed by atoms with E-state index < -0.39 is 0 Å². The molecule has 0 saturated heterocycles. The lowest BCUT2D eigenvalue weighted by Crippen LogP contribution is -2.32. The van der Waals surface area contributed by atoms with Crippen molar-refractivity contribution < 1.29 is 5.11 Å². The second-order valence-corrected chi connectivity index (χ2v) is 4.37. The van der Waals surface area contributed by atoms with E-state index in [9.17, 15) is 0 Å². The Morgan fingerprint density at radius 1 is 1.53 bits per heavy atom. The first-order valence-corrected chi connectivity index (χ1v) is 5.80. The van der Waals surface area contributed by atoms with Crippen LogP contribution < -0.4 is 4.90 Å². The van der Waals surface area contributed by atoms with Crippen LogP contribution >= 0.6 is 11.6 Å². The lowest BCUT2D eigenvalue weighted by molar-refractivity contribution is 0.274. The third-order valence-corrected chi connectivity index (χ3v) is 3.29. The Bertz CT molecular complexity index is 353. The number of fused-ring (bicyclic) bond motifs is 1. The highest BCUT2D eigenvalue weighted by Crippen LogP contribution is 2.34. The minimum Gasteiger partial charge on any atom is -0.396 e. The maximum absolute atomic E-state index is 9.02. The van der Waals surface area contributed by atoms with Crippen molar-refractivity contribution in [2.24, 2.45) is 0 Å². The van der Waals surface area contributed by atoms with E-state index in [1.54, 1.807) is 0 Å². The van der Waals surface area contributed by atoms with Crippen LogP contribution in [0.2, 0.25) is 5.02 Å². The Balaban J connectivity index is 2.28. The molecule has 1 unspecified atom stereocenters. The molecule has 82 valence electrons. The summed E-state index contributed by atoms with van der Waals surface area (Å²) < 4.78 is 0. The predicted molar refractivity (Wildman–Crippen MR) is 63.7 cm³/mol. The highest BCUT2D eigenvalue weighted by Gasteiger charge is 2.27. The molecule has 0 spiro atoms. The molecule has 1 N–H and O–H groups in total. The van der Waals surface area contributed by atoms with E-state index in [4.69, 9.17) is 16.7 Å². The molecule has 1 atom stereocenters. The van der Waals surface area contributed by atoms with Crippen molar-refractivity contribution in [3.8, 4) is 0 Å². The van der Waals surface area contributed by atoms with Crippen LogP contribution in [0.3, 0.4) is 0 Å². The van der Waals surface area contributed by atoms with E-state index in [0.29, 0.717) is 6.04 Å². The summed E-state index contributed by atoms with van der Waals surface area (Å²) >= 11 is 5.97. The zero-order valence-corrected chi connectivity index (χ0v) is 9.67. The molecule has 1 aliphatic rings. The van der Waals surface area contributed by atoms with Crippen LogP contribution in [0.15, 0.2) is 18.2 Å². The molecule has 0 fully saturated rings. The number of aliphatic hydroxyl groups excluding tert-OH is 1. The summed E-state index contributed by atoms with van der Waals surface area (Å²) in [5.41, 5.74) is 2.59. The standard InChI is InChI=1S/C12H16ClNO/c1-2-14-11(5-6-15)8-9-7-10(13)3-4-12(9)14/h3-4,7,11,15H,2,5-6,8H2,1H3. The monoisotopic (exact) mass is 225 g/mol. The van der Waals surface area contributed by atoms with Gasteiger partial charge in [0.15, 0.2) is 0 Å². The predicted octanol–water partition coefficient (Wildman–Crippen LogP) is 2.47. The lowest BCUT2D eigenvalue weighted by atomic mass is 10.1. The fourth-order valence-electron chi connectivity index (χ4n) is 2.39. The first kappa shape index (κ1) is 10.8. The fraction of sp³-hybridized carbons (Fsp3) is 0.500. The number of nitrogens with zero attached hydrogens (tertiary/aromatic N) is 1. The number of likely N-dealkylation sites (N-methyl/N-ethyl adjacent to an activating group) is 1. The largest absolute Gasteiger partial charge is 0.396 e. The summed E-state index contributed by atoms with van der Waals surface area (Å²) in [6, 6.07) is 6.49. The summed E-state index contributed by atoms with van der Waals surface area (Å²) in [5, 5.41) is 9.82. The molecule has 1 heterocycles. The van der Waals surface area contributed by atoms with Gasteiger partial charge in [-0.1, -0.05) is 11.6 Å². The maximum Gasteiger partial charge on any atom is 0.0450 e. The van der Waals surface area contributed by atoms with Crippen molar-refractivity contribution in [1.82, 2.24) is 0 Å². The minimum absolute atomic E-state index is 0.253. The third-order valence-electron chi connectivity index (χ3n) is 3.05. The molecule has 3 heteroatoms. The fourth-order valence-corrected chi connectivity index (χ4v) is 2.59. The number of hydrogen-bond donors (Lipinski definition) is 1. The van der Waals surface area contributed by atoms with Gasteiger partial charge in [0, 0.05) is 29.9 Å². The molecule has 2 nitrogen and oxygen atoms in total. The normalized spacial score (nSPS) is 19.4. The number of benzene rings is 1. The summed E-state index contributed by atoms with van der Waals surface area (Å²) in [4.78, 5) is 2.35. The van der Waals surface area contributed by atoms with Crippen LogP contribution in [0.25, 0.3) is 0 Å². The van der Waals surface area contributed by atoms with E-state index >= 15 is 0 Å². The molecule has 0 bridgehead atoms. The van der Waals surface area contributed by atoms with E-state index in [1.165, 1.54) is 11.3 Å². The van der Waals surface area contributed by atoms with Crippen molar-refractivity contribution in [3.05, 3.63) is 28.8 Å². The van der Waals surface area contributed by atoms with E-state index in [-0.39, 0.29) is 6.61 Å². The molecule has 0 amide bonds. The number of anilines is 1. The average Bonchev–Trinajstić information content (AvgIpc) is 2.54. The van der Waals surface area contributed by atoms with Crippen LogP contribution in [0.1, 0.15) is 18.9 Å². The maximum atomic E-state index is 9.02. The Hall–Kier alpha value is -0.730. The zero-order chi connectivity index (χ0) is 10.8. The SMILES string of the molecule is CCN1c2ccc(Cl)cc2CC1CCO. The summed E-state index contributed by atoms with van der Waals surface area (Å²) in [5.74, 6) is 0. The topological polar surface area (TPSA) is 23.5 Å². The molecule has 0 radical (unpaired) electrons. The number of rotatable bonds is 3. The van der Waals surface area contributed by atoms with Gasteiger partial charge in [0.05, 0.1) is 0 Å². The highest BCUT2D eigenvalue weighted by atomic mass is 35.5. The summed E-state index contributed by atoms with van der Waals surface area (Å²) in [6.07, 6.45) is 1.84. The van der Waals surface area contributed by atoms with Gasteiger partial charge in [0.25, 0.3) is 0 Å². The molecule has 0 aliphatic carbocycles. The van der Waals surface area contributed by atoms with E-state index in [1.807, 2.05) is 12.1 Å². The summed E-state index contributed by atoms with van der Waals surface area (Å²) in [6.45, 7) is 3.39. The Morgan fingerprint density at radius 2 is 2.33 bits per heavy atom. The minimum atomic E-state index is 0.253. The molecule has 1 aliphatic heterocycles. The second-order valence-electron chi connectivity index (χ2n) is 3.93. The molecule has 15 heavy (non-hydrogen) atoms. The van der Waals surface area contributed by atoms with Gasteiger partial charge in [0.1, 0.15) is 0 Å². The van der Waals surface area contributed by atoms with E-state index in [2.05, 4.69) is 17.9 Å². The molecule has 1 aromatic carbocycles. The van der Waals surface area contributed by atoms with Crippen molar-refractivity contribution in [2.75, 3.05) is 18.1 Å². The van der Waals surface area contributed by atoms with Gasteiger partial charge in [-0.2, -0.15) is 0 Å². The van der Waals surface area contributed by atoms with Gasteiger partial charge in [-0.3, -0.25) is 0 Å². The van der Waals surface area contributed by atoms with E-state index in [0.717, 1.165) is 24.4 Å². The van der Waals surface area contributed by atoms with Crippen molar-refractivity contribution in [3.63, 3.8) is 0 Å². The first-order chi connectivity index (χ1) is 7.26. The number of halogens is 1. The van der Waals surface area contributed by atoms with Gasteiger partial charge in [0.2, 0.25) is 0 Å². The molecular weight excluding hydrogens is 210 g/mol. The molecule has 2 rings (SSSR count). The van der Waals surface area contributed by atoms with Crippen LogP contribution in [0, 0.1) is 0 Å². The second kappa shape index (κ2) is 4.42. The van der Waals surface area contributed by atoms with Crippen LogP contribution in [-0.2, 0) is 6.42 Å². The van der Waals surface area contributed by atoms with Gasteiger partial charge < -0.3 is 10.0 Å². The Morgan fingerprint density at radius 3 is 3.00 bits per heavy atom. The first-order valence-electron chi connectivity index (χ1n) is 5.42. The molecular formula is C12H16ClNO. The molecule has 0 saturated carbocycles. The lowest BCUT2D eigenvalue weighted by Gasteiger charge is -2.25. The smallest absolute Gasteiger partial charge is 0.0450 e. The number of hydrogen-bond acceptors (Lipinski definition) is 2. The van der Waals surface area contributed by atoms with Gasteiger partial charge in [-0.25, -0.2) is 0 Å². The van der Waals surface area contributed by atoms with Crippen LogP contribution in [0.5, 0.6) is 0 Å². The average molecular weight is 226 g/mol. The zero-order valence-electron chi connectivity index (χ0n) is 8.91. The van der Waals surface area contributed by atoms with Gasteiger partial charge in [-0.05, 0) is 43.5 Å². The Kier molecular flexibility index (Phi) is 3.17. The third kappa shape index (κ3) is 1.97. The highest BCUT2D eigenvalue weighted by molar-refractivity contribution is 6.30. The molecule has 0 aromatic heterocycles. The van der Waals surface area contributed by atoms with Crippen LogP contribution in [0.4, 0.5) is 5.69 Å². The van der Waals surface area contributed by atoms with Crippen molar-refractivity contribution >= 4 is 17.3 Å². The summed E-state index contributed by atoms with van der Waals surface area (Å²) in [7, 11) is 0. The van der Waals surface area contributed by atoms with Gasteiger partial charge in [-0.15, -0.1) is 0 Å². The molecule has 1 aromatic rings. The Labute approximate surface area is 95.5 Å². The van der Waals surface area contributed by atoms with Crippen molar-refractivity contribution in [2.45, 2.75) is 25.8 Å². The quantitative estimate of drug-likeness (QED) is 0.855. The van der Waals surface area contributed by atoms with Crippen molar-refractivity contribution in [1.29, 1.82) is 0 Å². The number of aliphatic hydroxyl groups is 1. The van der Waals surface area contributed by atoms with Crippen LogP contribution in [-0.4, -0.2) is 24.3 Å².